The lowest BCUT2D eigenvalue weighted by molar-refractivity contribution is -0.137. The van der Waals surface area contributed by atoms with Crippen molar-refractivity contribution in [1.82, 2.24) is 0 Å². The van der Waals surface area contributed by atoms with E-state index in [4.69, 9.17) is 4.42 Å². The van der Waals surface area contributed by atoms with E-state index in [1.54, 1.807) is 12.1 Å². The van der Waals surface area contributed by atoms with Gasteiger partial charge >= 0.3 is 6.18 Å². The van der Waals surface area contributed by atoms with E-state index in [1.807, 2.05) is 24.3 Å². The molecule has 1 aromatic heterocycles. The van der Waals surface area contributed by atoms with Crippen molar-refractivity contribution in [1.29, 1.82) is 0 Å². The molecule has 270 valence electrons. The number of hydrogen-bond acceptors (Lipinski definition) is 1. The molecule has 0 saturated heterocycles. The second kappa shape index (κ2) is 12.7. The quantitative estimate of drug-likeness (QED) is 0.164. The van der Waals surface area contributed by atoms with Crippen LogP contribution in [0.2, 0.25) is 0 Å². The molecule has 1 nitrogen and oxygen atoms in total. The first kappa shape index (κ1) is 33.2. The average Bonchev–Trinajstić information content (AvgIpc) is 3.63. The van der Waals surface area contributed by atoms with Gasteiger partial charge in [-0.2, -0.15) is 13.2 Å². The molecule has 11 aromatic rings. The van der Waals surface area contributed by atoms with Gasteiger partial charge in [-0.1, -0.05) is 164 Å². The van der Waals surface area contributed by atoms with Gasteiger partial charge in [0.1, 0.15) is 11.2 Å². The highest BCUT2D eigenvalue weighted by Crippen LogP contribution is 2.48. The predicted molar refractivity (Wildman–Crippen MR) is 230 cm³/mol. The Labute approximate surface area is 325 Å². The lowest BCUT2D eigenvalue weighted by Crippen LogP contribution is -2.04. The molecular weight excluding hydrogens is 710 g/mol. The van der Waals surface area contributed by atoms with Crippen LogP contribution in [-0.4, -0.2) is 0 Å². The van der Waals surface area contributed by atoms with Gasteiger partial charge in [-0.05, 0) is 101 Å². The maximum absolute atomic E-state index is 13.5. The Bertz CT molecular complexity index is 3260. The molecule has 0 unspecified atom stereocenters. The maximum Gasteiger partial charge on any atom is 0.416 e. The highest BCUT2D eigenvalue weighted by Gasteiger charge is 2.30. The van der Waals surface area contributed by atoms with Gasteiger partial charge in [-0.3, -0.25) is 0 Å². The van der Waals surface area contributed by atoms with Gasteiger partial charge in [0.2, 0.25) is 0 Å². The molecule has 1 heterocycles. The molecule has 0 bridgehead atoms. The van der Waals surface area contributed by atoms with Crippen molar-refractivity contribution in [2.75, 3.05) is 0 Å². The third kappa shape index (κ3) is 5.18. The number of fused-ring (bicyclic) bond motifs is 7. The standard InChI is InChI=1S/C53H31F3O/c54-53(55,56)35-28-25-33(26-29-35)49-37-15-4-6-17-39(37)50(40-18-7-5-16-38(40)49)34-27-30-36-45-23-12-24-46(52(45)57-47(36)31-34)51-43-21-10-8-19-41(43)48(32-13-2-1-3-14-32)42-20-9-11-22-44(42)51/h1-31H. The van der Waals surface area contributed by atoms with Crippen molar-refractivity contribution in [3.63, 3.8) is 0 Å². The highest BCUT2D eigenvalue weighted by molar-refractivity contribution is 6.25. The zero-order valence-corrected chi connectivity index (χ0v) is 30.4. The van der Waals surface area contributed by atoms with Gasteiger partial charge in [-0.15, -0.1) is 0 Å². The fourth-order valence-electron chi connectivity index (χ4n) is 9.06. The summed E-state index contributed by atoms with van der Waals surface area (Å²) in [7, 11) is 0. The van der Waals surface area contributed by atoms with Crippen LogP contribution in [0.25, 0.3) is 110 Å². The lowest BCUT2D eigenvalue weighted by Gasteiger charge is -2.18. The average molecular weight is 741 g/mol. The number of para-hydroxylation sites is 1. The number of benzene rings is 10. The van der Waals surface area contributed by atoms with E-state index in [2.05, 4.69) is 140 Å². The Balaban J connectivity index is 1.14. The first-order valence-electron chi connectivity index (χ1n) is 19.0. The molecule has 10 aromatic carbocycles. The summed E-state index contributed by atoms with van der Waals surface area (Å²) in [5.74, 6) is 0. The first-order chi connectivity index (χ1) is 27.9. The lowest BCUT2D eigenvalue weighted by atomic mass is 9.85. The summed E-state index contributed by atoms with van der Waals surface area (Å²) in [6.45, 7) is 0. The number of alkyl halides is 3. The summed E-state index contributed by atoms with van der Waals surface area (Å²) in [4.78, 5) is 0. The predicted octanol–water partition coefficient (Wildman–Crippen LogP) is 15.9. The maximum atomic E-state index is 13.5. The monoisotopic (exact) mass is 740 g/mol. The van der Waals surface area contributed by atoms with Gasteiger partial charge in [0.05, 0.1) is 5.56 Å². The van der Waals surface area contributed by atoms with E-state index in [1.165, 1.54) is 34.0 Å². The van der Waals surface area contributed by atoms with Crippen LogP contribution >= 0.6 is 0 Å². The van der Waals surface area contributed by atoms with E-state index in [0.29, 0.717) is 0 Å². The van der Waals surface area contributed by atoms with Crippen molar-refractivity contribution < 1.29 is 17.6 Å². The molecule has 0 fully saturated rings. The number of hydrogen-bond donors (Lipinski definition) is 0. The third-order valence-corrected chi connectivity index (χ3v) is 11.5. The molecule has 0 radical (unpaired) electrons. The zero-order valence-electron chi connectivity index (χ0n) is 30.4. The highest BCUT2D eigenvalue weighted by atomic mass is 19.4. The van der Waals surface area contributed by atoms with Crippen LogP contribution in [-0.2, 0) is 6.18 Å². The fourth-order valence-corrected chi connectivity index (χ4v) is 9.06. The molecule has 0 aliphatic carbocycles. The third-order valence-electron chi connectivity index (χ3n) is 11.5. The van der Waals surface area contributed by atoms with Crippen LogP contribution < -0.4 is 0 Å². The molecule has 57 heavy (non-hydrogen) atoms. The van der Waals surface area contributed by atoms with Crippen LogP contribution in [0.3, 0.4) is 0 Å². The molecule has 0 saturated carbocycles. The van der Waals surface area contributed by atoms with Crippen molar-refractivity contribution in [2.24, 2.45) is 0 Å². The largest absolute Gasteiger partial charge is 0.455 e. The second-order valence-corrected chi connectivity index (χ2v) is 14.6. The topological polar surface area (TPSA) is 13.1 Å². The van der Waals surface area contributed by atoms with Crippen molar-refractivity contribution >= 4 is 65.0 Å². The molecule has 11 rings (SSSR count). The molecule has 0 spiro atoms. The van der Waals surface area contributed by atoms with Crippen molar-refractivity contribution in [3.05, 3.63) is 194 Å². The minimum Gasteiger partial charge on any atom is -0.455 e. The van der Waals surface area contributed by atoms with Crippen molar-refractivity contribution in [3.8, 4) is 44.5 Å². The van der Waals surface area contributed by atoms with Crippen molar-refractivity contribution in [2.45, 2.75) is 6.18 Å². The summed E-state index contributed by atoms with van der Waals surface area (Å²) in [5.41, 5.74) is 9.22. The molecular formula is C53H31F3O. The minimum absolute atomic E-state index is 0.663. The van der Waals surface area contributed by atoms with E-state index in [-0.39, 0.29) is 0 Å². The van der Waals surface area contributed by atoms with Gasteiger partial charge in [0, 0.05) is 21.9 Å². The Hall–Kier alpha value is -7.17. The zero-order chi connectivity index (χ0) is 38.3. The number of halogens is 3. The number of furan rings is 1. The summed E-state index contributed by atoms with van der Waals surface area (Å²) < 4.78 is 47.6. The minimum atomic E-state index is -4.41. The summed E-state index contributed by atoms with van der Waals surface area (Å²) >= 11 is 0. The van der Waals surface area contributed by atoms with Gasteiger partial charge in [-0.25, -0.2) is 0 Å². The van der Waals surface area contributed by atoms with E-state index in [0.717, 1.165) is 87.6 Å². The SMILES string of the molecule is FC(F)(F)c1ccc(-c2c3ccccc3c(-c3ccc4c(c3)oc3c(-c5c6ccccc6c(-c6ccccc6)c6ccccc56)cccc34)c3ccccc23)cc1. The van der Waals surface area contributed by atoms with Gasteiger partial charge < -0.3 is 4.42 Å². The smallest absolute Gasteiger partial charge is 0.416 e. The first-order valence-corrected chi connectivity index (χ1v) is 19.0. The normalized spacial score (nSPS) is 12.1. The Morgan fingerprint density at radius 3 is 1.21 bits per heavy atom. The van der Waals surface area contributed by atoms with E-state index in [9.17, 15) is 13.2 Å². The van der Waals surface area contributed by atoms with E-state index >= 15 is 0 Å². The van der Waals surface area contributed by atoms with Crippen LogP contribution in [0, 0.1) is 0 Å². The summed E-state index contributed by atoms with van der Waals surface area (Å²) in [6.07, 6.45) is -4.41. The van der Waals surface area contributed by atoms with Gasteiger partial charge in [0.15, 0.2) is 0 Å². The van der Waals surface area contributed by atoms with Crippen LogP contribution in [0.5, 0.6) is 0 Å². The van der Waals surface area contributed by atoms with Crippen LogP contribution in [0.4, 0.5) is 13.2 Å². The van der Waals surface area contributed by atoms with Crippen LogP contribution in [0.1, 0.15) is 5.56 Å². The second-order valence-electron chi connectivity index (χ2n) is 14.6. The van der Waals surface area contributed by atoms with Gasteiger partial charge in [0.25, 0.3) is 0 Å². The summed E-state index contributed by atoms with van der Waals surface area (Å²) in [5, 5.41) is 10.7. The molecule has 0 aliphatic rings. The molecule has 0 atom stereocenters. The number of rotatable bonds is 4. The molecule has 0 aliphatic heterocycles. The fraction of sp³-hybridized carbons (Fsp3) is 0.0189. The molecule has 4 heteroatoms. The summed E-state index contributed by atoms with van der Waals surface area (Å²) in [6, 6.07) is 62.6. The van der Waals surface area contributed by atoms with Crippen LogP contribution in [0.15, 0.2) is 192 Å². The van der Waals surface area contributed by atoms with E-state index < -0.39 is 11.7 Å². The Kier molecular flexibility index (Phi) is 7.39. The molecule has 0 amide bonds. The Morgan fingerprint density at radius 2 is 0.719 bits per heavy atom. The Morgan fingerprint density at radius 1 is 0.316 bits per heavy atom. The molecule has 0 N–H and O–H groups in total.